The maximum absolute atomic E-state index is 4.21. The Kier molecular flexibility index (Phi) is 8.52. The molecule has 0 saturated carbocycles. The van der Waals surface area contributed by atoms with Crippen molar-refractivity contribution in [3.8, 4) is 0 Å². The largest absolute Gasteiger partial charge is 0.249 e. The van der Waals surface area contributed by atoms with Crippen LogP contribution in [0.1, 0.15) is 77.8 Å². The van der Waals surface area contributed by atoms with Crippen molar-refractivity contribution in [2.45, 2.75) is 85.1 Å². The molecule has 0 unspecified atom stereocenters. The highest BCUT2D eigenvalue weighted by molar-refractivity contribution is 4.93. The monoisotopic (exact) mass is 265 g/mol. The van der Waals surface area contributed by atoms with E-state index in [9.17, 15) is 0 Å². The molecule has 0 atom stereocenters. The van der Waals surface area contributed by atoms with Gasteiger partial charge in [-0.15, -0.1) is 5.10 Å². The highest BCUT2D eigenvalue weighted by Crippen LogP contribution is 2.10. The molecule has 1 rings (SSSR count). The Hall–Kier alpha value is -0.860. The first-order valence-electron chi connectivity index (χ1n) is 8.11. The summed E-state index contributed by atoms with van der Waals surface area (Å²) < 4.78 is 2.11. The lowest BCUT2D eigenvalue weighted by molar-refractivity contribution is 0.469. The summed E-state index contributed by atoms with van der Waals surface area (Å²) in [6, 6.07) is 0. The predicted octanol–water partition coefficient (Wildman–Crippen LogP) is 4.62. The lowest BCUT2D eigenvalue weighted by Gasteiger charge is -2.07. The first-order chi connectivity index (χ1) is 9.24. The first-order valence-corrected chi connectivity index (χ1v) is 8.11. The average Bonchev–Trinajstić information content (AvgIpc) is 2.81. The molecule has 0 aliphatic heterocycles. The van der Waals surface area contributed by atoms with E-state index in [1.165, 1.54) is 57.1 Å². The molecule has 0 radical (unpaired) electrons. The Labute approximate surface area is 118 Å². The van der Waals surface area contributed by atoms with Gasteiger partial charge in [0.2, 0.25) is 0 Å². The molecule has 1 aromatic rings. The summed E-state index contributed by atoms with van der Waals surface area (Å²) in [6.07, 6.45) is 13.7. The second-order valence-electron chi connectivity index (χ2n) is 6.00. The van der Waals surface area contributed by atoms with Crippen LogP contribution < -0.4 is 0 Å². The number of rotatable bonds is 11. The minimum absolute atomic E-state index is 0.783. The molecule has 19 heavy (non-hydrogen) atoms. The van der Waals surface area contributed by atoms with Crippen molar-refractivity contribution in [2.24, 2.45) is 5.92 Å². The van der Waals surface area contributed by atoms with Crippen molar-refractivity contribution in [3.63, 3.8) is 0 Å². The van der Waals surface area contributed by atoms with Gasteiger partial charge in [-0.1, -0.05) is 58.1 Å². The van der Waals surface area contributed by atoms with Gasteiger partial charge in [-0.25, -0.2) is 4.68 Å². The lowest BCUT2D eigenvalue weighted by Crippen LogP contribution is -2.06. The van der Waals surface area contributed by atoms with Crippen LogP contribution in [-0.4, -0.2) is 15.0 Å². The van der Waals surface area contributed by atoms with Crippen LogP contribution in [0.3, 0.4) is 0 Å². The maximum atomic E-state index is 4.21. The lowest BCUT2D eigenvalue weighted by atomic mass is 10.1. The van der Waals surface area contributed by atoms with Crippen LogP contribution in [0.2, 0.25) is 0 Å². The van der Waals surface area contributed by atoms with Crippen LogP contribution in [-0.2, 0) is 13.0 Å². The Morgan fingerprint density at radius 3 is 2.53 bits per heavy atom. The van der Waals surface area contributed by atoms with E-state index in [0.717, 1.165) is 18.9 Å². The standard InChI is InChI=1S/C16H31N3/c1-4-5-6-7-8-9-12-16-14-17-18-19(16)13-10-11-15(2)3/h14-15H,4-13H2,1-3H3. The summed E-state index contributed by atoms with van der Waals surface area (Å²) in [6.45, 7) is 7.85. The third kappa shape index (κ3) is 7.34. The minimum Gasteiger partial charge on any atom is -0.249 e. The fourth-order valence-electron chi connectivity index (χ4n) is 2.40. The Morgan fingerprint density at radius 2 is 1.79 bits per heavy atom. The molecule has 0 spiro atoms. The smallest absolute Gasteiger partial charge is 0.0725 e. The molecule has 0 aliphatic carbocycles. The second kappa shape index (κ2) is 9.99. The van der Waals surface area contributed by atoms with Crippen LogP contribution in [0.5, 0.6) is 0 Å². The topological polar surface area (TPSA) is 30.7 Å². The summed E-state index contributed by atoms with van der Waals surface area (Å²) in [4.78, 5) is 0. The number of nitrogens with zero attached hydrogens (tertiary/aromatic N) is 3. The van der Waals surface area contributed by atoms with Gasteiger partial charge in [0, 0.05) is 6.54 Å². The molecule has 1 aromatic heterocycles. The molecule has 0 bridgehead atoms. The van der Waals surface area contributed by atoms with Gasteiger partial charge in [-0.2, -0.15) is 0 Å². The Balaban J connectivity index is 2.17. The normalized spacial score (nSPS) is 11.4. The van der Waals surface area contributed by atoms with Crippen molar-refractivity contribution in [1.82, 2.24) is 15.0 Å². The van der Waals surface area contributed by atoms with E-state index in [-0.39, 0.29) is 0 Å². The summed E-state index contributed by atoms with van der Waals surface area (Å²) in [7, 11) is 0. The second-order valence-corrected chi connectivity index (χ2v) is 6.00. The third-order valence-corrected chi connectivity index (χ3v) is 3.64. The van der Waals surface area contributed by atoms with Crippen molar-refractivity contribution in [1.29, 1.82) is 0 Å². The molecular formula is C16H31N3. The van der Waals surface area contributed by atoms with Gasteiger partial charge in [0.25, 0.3) is 0 Å². The highest BCUT2D eigenvalue weighted by atomic mass is 15.4. The minimum atomic E-state index is 0.783. The number of aryl methyl sites for hydroxylation is 2. The maximum Gasteiger partial charge on any atom is 0.0725 e. The molecule has 0 N–H and O–H groups in total. The van der Waals surface area contributed by atoms with Gasteiger partial charge in [0.1, 0.15) is 0 Å². The van der Waals surface area contributed by atoms with Gasteiger partial charge in [0.05, 0.1) is 11.9 Å². The number of hydrogen-bond acceptors (Lipinski definition) is 2. The number of hydrogen-bond donors (Lipinski definition) is 0. The van der Waals surface area contributed by atoms with E-state index in [4.69, 9.17) is 0 Å². The van der Waals surface area contributed by atoms with Crippen LogP contribution in [0.4, 0.5) is 0 Å². The zero-order valence-corrected chi connectivity index (χ0v) is 13.1. The van der Waals surface area contributed by atoms with Crippen LogP contribution >= 0.6 is 0 Å². The molecule has 3 heteroatoms. The molecular weight excluding hydrogens is 234 g/mol. The van der Waals surface area contributed by atoms with Crippen LogP contribution in [0.15, 0.2) is 6.20 Å². The van der Waals surface area contributed by atoms with Crippen molar-refractivity contribution >= 4 is 0 Å². The van der Waals surface area contributed by atoms with Gasteiger partial charge in [0.15, 0.2) is 0 Å². The molecule has 0 aromatic carbocycles. The first kappa shape index (κ1) is 16.2. The summed E-state index contributed by atoms with van der Waals surface area (Å²) in [5.41, 5.74) is 1.32. The van der Waals surface area contributed by atoms with E-state index >= 15 is 0 Å². The highest BCUT2D eigenvalue weighted by Gasteiger charge is 2.04. The third-order valence-electron chi connectivity index (χ3n) is 3.64. The summed E-state index contributed by atoms with van der Waals surface area (Å²) >= 11 is 0. The fourth-order valence-corrected chi connectivity index (χ4v) is 2.40. The molecule has 0 amide bonds. The van der Waals surface area contributed by atoms with Crippen molar-refractivity contribution < 1.29 is 0 Å². The number of unbranched alkanes of at least 4 members (excludes halogenated alkanes) is 5. The van der Waals surface area contributed by atoms with Crippen LogP contribution in [0.25, 0.3) is 0 Å². The van der Waals surface area contributed by atoms with Gasteiger partial charge >= 0.3 is 0 Å². The SMILES string of the molecule is CCCCCCCCc1cnnn1CCCC(C)C. The average molecular weight is 265 g/mol. The summed E-state index contributed by atoms with van der Waals surface area (Å²) in [5, 5.41) is 8.27. The molecule has 110 valence electrons. The van der Waals surface area contributed by atoms with Crippen molar-refractivity contribution in [3.05, 3.63) is 11.9 Å². The van der Waals surface area contributed by atoms with Crippen molar-refractivity contribution in [2.75, 3.05) is 0 Å². The Bertz CT molecular complexity index is 318. The van der Waals surface area contributed by atoms with Gasteiger partial charge in [-0.05, 0) is 31.6 Å². The van der Waals surface area contributed by atoms with Gasteiger partial charge in [-0.3, -0.25) is 0 Å². The van der Waals surface area contributed by atoms with E-state index in [0.29, 0.717) is 0 Å². The van der Waals surface area contributed by atoms with E-state index in [1.54, 1.807) is 0 Å². The quantitative estimate of drug-likeness (QED) is 0.547. The predicted molar refractivity (Wildman–Crippen MR) is 81.2 cm³/mol. The van der Waals surface area contributed by atoms with E-state index in [1.807, 2.05) is 6.20 Å². The van der Waals surface area contributed by atoms with E-state index in [2.05, 4.69) is 35.8 Å². The zero-order valence-electron chi connectivity index (χ0n) is 13.1. The Morgan fingerprint density at radius 1 is 1.05 bits per heavy atom. The van der Waals surface area contributed by atoms with Gasteiger partial charge < -0.3 is 0 Å². The molecule has 0 aliphatic rings. The summed E-state index contributed by atoms with van der Waals surface area (Å²) in [5.74, 6) is 0.783. The molecule has 3 nitrogen and oxygen atoms in total. The van der Waals surface area contributed by atoms with E-state index < -0.39 is 0 Å². The fraction of sp³-hybridized carbons (Fsp3) is 0.875. The zero-order chi connectivity index (χ0) is 13.9. The van der Waals surface area contributed by atoms with Crippen LogP contribution in [0, 0.1) is 5.92 Å². The molecule has 0 fully saturated rings. The molecule has 0 saturated heterocycles. The number of aromatic nitrogens is 3. The molecule has 1 heterocycles.